The van der Waals surface area contributed by atoms with E-state index in [0.29, 0.717) is 51.7 Å². The number of hydrogen-bond donors (Lipinski definition) is 8. The van der Waals surface area contributed by atoms with Crippen molar-refractivity contribution in [3.05, 3.63) is 5.73 Å². The quantitative estimate of drug-likeness (QED) is 0.0291. The van der Waals surface area contributed by atoms with E-state index in [4.69, 9.17) is 29.8 Å². The Balaban J connectivity index is 0. The van der Waals surface area contributed by atoms with Gasteiger partial charge in [-0.3, -0.25) is 58.6 Å². The van der Waals surface area contributed by atoms with Gasteiger partial charge in [-0.15, -0.1) is 0 Å². The average Bonchev–Trinajstić information content (AvgIpc) is 3.02. The predicted molar refractivity (Wildman–Crippen MR) is 329 cm³/mol. The maximum absolute atomic E-state index is 13.6. The number of carbonyl (C=O) groups is 10. The molecule has 0 aromatic rings. The minimum atomic E-state index is -1.33. The van der Waals surface area contributed by atoms with E-state index < -0.39 is 47.6 Å². The summed E-state index contributed by atoms with van der Waals surface area (Å²) in [4.78, 5) is 123. The SMILES string of the molecule is CC(=O)[C@H](CO)NCC(=O)[C@H](CCCCNC(=O)COCCOCCCC(=O)COCCOCCNC(=O)CC[C@H](CC(=O)CCCCCCCCCCCCCCCCCCC(=O)O)C(=O)O)NCC(=O)[C@](C)(CC(C)C)NCC(=O)C(C)(C)[NH-].[Y]. The number of aliphatic carboxylic acids is 2. The molecule has 0 fully saturated rings. The fourth-order valence-electron chi connectivity index (χ4n) is 9.48. The molecule has 4 atom stereocenters. The van der Waals surface area contributed by atoms with Crippen LogP contribution in [0.25, 0.3) is 5.73 Å². The summed E-state index contributed by atoms with van der Waals surface area (Å²) in [5, 5.41) is 42.2. The van der Waals surface area contributed by atoms with Crippen LogP contribution in [0.5, 0.6) is 0 Å². The number of rotatable bonds is 63. The molecule has 0 aliphatic rings. The molecule has 0 saturated carbocycles. The normalized spacial score (nSPS) is 13.3. The molecule has 0 unspecified atom stereocenters. The van der Waals surface area contributed by atoms with Gasteiger partial charge in [-0.25, -0.2) is 0 Å². The molecule has 1 radical (unpaired) electrons. The van der Waals surface area contributed by atoms with E-state index in [1.165, 1.54) is 78.6 Å². The third kappa shape index (κ3) is 50.0. The van der Waals surface area contributed by atoms with E-state index >= 15 is 0 Å². The summed E-state index contributed by atoms with van der Waals surface area (Å²) in [7, 11) is 0. The second-order valence-corrected chi connectivity index (χ2v) is 23.9. The van der Waals surface area contributed by atoms with E-state index in [1.807, 2.05) is 13.8 Å². The van der Waals surface area contributed by atoms with Crippen LogP contribution in [-0.4, -0.2) is 189 Å². The van der Waals surface area contributed by atoms with E-state index in [1.54, 1.807) is 6.92 Å². The molecule has 0 aromatic heterocycles. The van der Waals surface area contributed by atoms with Crippen molar-refractivity contribution in [1.29, 1.82) is 0 Å². The van der Waals surface area contributed by atoms with E-state index in [-0.39, 0.29) is 190 Å². The number of carboxylic acids is 2. The van der Waals surface area contributed by atoms with E-state index in [9.17, 15) is 58.2 Å². The Hall–Kier alpha value is -3.36. The topological polar surface area (TPSA) is 352 Å². The average molecular weight is 1320 g/mol. The van der Waals surface area contributed by atoms with Crippen molar-refractivity contribution in [2.75, 3.05) is 92.2 Å². The molecule has 2 amide bonds. The third-order valence-electron chi connectivity index (χ3n) is 14.8. The standard InChI is InChI=1S/C63H113N6O17.Y/c1-48(2)41-63(6,69-44-56(75)62(4,5)64)57(76)43-68-53(55(74)42-67-54(45-70)49(3)71)28-23-24-32-65-59(78)47-86-39-36-83-34-25-27-52(73)46-85-38-37-84-35-33-66-58(77)31-30-50(61(81)82)40-51(72)26-21-19-17-15-13-11-9-7-8-10-12-14-16-18-20-22-29-60(79)80;/h48,50,53-54,64,67-70H,7-47H2,1-6H3,(H,65,78)(H,66,77)(H,79,80)(H,81,82);/q-1;/t50-,53+,54+,63+;/m1./s1. The smallest absolute Gasteiger partial charge is 0.306 e. The molecule has 0 heterocycles. The Morgan fingerprint density at radius 2 is 1.01 bits per heavy atom. The Morgan fingerprint density at radius 1 is 0.506 bits per heavy atom. The Kier molecular flexibility index (Phi) is 53.6. The molecule has 0 rings (SSSR count). The maximum atomic E-state index is 13.6. The first kappa shape index (κ1) is 85.7. The van der Waals surface area contributed by atoms with Crippen molar-refractivity contribution < 1.29 is 115 Å². The summed E-state index contributed by atoms with van der Waals surface area (Å²) < 4.78 is 21.8. The van der Waals surface area contributed by atoms with Crippen molar-refractivity contribution in [3.8, 4) is 0 Å². The molecule has 9 N–H and O–H groups in total. The molecule has 0 aliphatic heterocycles. The zero-order chi connectivity index (χ0) is 64.4. The number of nitrogens with one attached hydrogen (secondary N) is 6. The number of aliphatic hydroxyl groups is 1. The second-order valence-electron chi connectivity index (χ2n) is 23.9. The van der Waals surface area contributed by atoms with Gasteiger partial charge in [0.25, 0.3) is 0 Å². The first-order valence-electron chi connectivity index (χ1n) is 31.9. The van der Waals surface area contributed by atoms with Crippen LogP contribution in [0.1, 0.15) is 215 Å². The van der Waals surface area contributed by atoms with Crippen LogP contribution in [0.15, 0.2) is 0 Å². The molecular formula is C63H113N6O17Y-. The Morgan fingerprint density at radius 3 is 1.54 bits per heavy atom. The summed E-state index contributed by atoms with van der Waals surface area (Å²) in [6.45, 7) is 10.3. The largest absolute Gasteiger partial charge is 0.666 e. The Bertz CT molecular complexity index is 1940. The molecule has 0 spiro atoms. The molecule has 87 heavy (non-hydrogen) atoms. The molecule has 501 valence electrons. The fraction of sp³-hybridized carbons (Fsp3) is 0.841. The first-order valence-corrected chi connectivity index (χ1v) is 31.9. The van der Waals surface area contributed by atoms with Crippen molar-refractivity contribution in [2.24, 2.45) is 11.8 Å². The monoisotopic (exact) mass is 1310 g/mol. The molecule has 0 bridgehead atoms. The maximum Gasteiger partial charge on any atom is 0.306 e. The van der Waals surface area contributed by atoms with Crippen LogP contribution < -0.4 is 26.6 Å². The summed E-state index contributed by atoms with van der Waals surface area (Å²) in [5.74, 6) is -4.76. The summed E-state index contributed by atoms with van der Waals surface area (Å²) in [5.41, 5.74) is 5.59. The van der Waals surface area contributed by atoms with Gasteiger partial charge in [-0.2, -0.15) is 0 Å². The van der Waals surface area contributed by atoms with Gasteiger partial charge in [0, 0.05) is 84.5 Å². The predicted octanol–water partition coefficient (Wildman–Crippen LogP) is 6.78. The van der Waals surface area contributed by atoms with Gasteiger partial charge >= 0.3 is 11.9 Å². The number of ether oxygens (including phenoxy) is 4. The van der Waals surface area contributed by atoms with Crippen LogP contribution in [0, 0.1) is 11.8 Å². The van der Waals surface area contributed by atoms with Crippen molar-refractivity contribution >= 4 is 58.5 Å². The van der Waals surface area contributed by atoms with Gasteiger partial charge in [0.1, 0.15) is 30.6 Å². The summed E-state index contributed by atoms with van der Waals surface area (Å²) >= 11 is 0. The van der Waals surface area contributed by atoms with Crippen LogP contribution in [-0.2, 0) is 99.6 Å². The molecular weight excluding hydrogens is 1200 g/mol. The Labute approximate surface area is 544 Å². The fourth-order valence-corrected chi connectivity index (χ4v) is 9.48. The van der Waals surface area contributed by atoms with Crippen LogP contribution in [0.4, 0.5) is 0 Å². The number of carbonyl (C=O) groups excluding carboxylic acids is 8. The van der Waals surface area contributed by atoms with E-state index in [2.05, 4.69) is 26.6 Å². The van der Waals surface area contributed by atoms with Crippen LogP contribution in [0.3, 0.4) is 0 Å². The van der Waals surface area contributed by atoms with Crippen molar-refractivity contribution in [2.45, 2.75) is 238 Å². The minimum absolute atomic E-state index is 0. The molecule has 0 saturated heterocycles. The van der Waals surface area contributed by atoms with E-state index in [0.717, 1.165) is 44.9 Å². The number of aliphatic hydroxyl groups excluding tert-OH is 1. The molecule has 24 heteroatoms. The summed E-state index contributed by atoms with van der Waals surface area (Å²) in [6, 6.07) is -1.71. The zero-order valence-electron chi connectivity index (χ0n) is 53.9. The van der Waals surface area contributed by atoms with Gasteiger partial charge in [0.05, 0.1) is 82.8 Å². The summed E-state index contributed by atoms with van der Waals surface area (Å²) in [6.07, 6.45) is 20.9. The number of unbranched alkanes of at least 4 members (excludes halogenated alkanes) is 16. The van der Waals surface area contributed by atoms with Gasteiger partial charge in [0.2, 0.25) is 11.8 Å². The van der Waals surface area contributed by atoms with Gasteiger partial charge in [-0.1, -0.05) is 123 Å². The minimum Gasteiger partial charge on any atom is -0.666 e. The van der Waals surface area contributed by atoms with Crippen molar-refractivity contribution in [3.63, 3.8) is 0 Å². The molecule has 0 aromatic carbocycles. The molecule has 0 aliphatic carbocycles. The van der Waals surface area contributed by atoms with Crippen molar-refractivity contribution in [1.82, 2.24) is 26.6 Å². The zero-order valence-corrected chi connectivity index (χ0v) is 56.8. The number of carboxylic acid groups (broad SMARTS) is 2. The number of amides is 2. The second kappa shape index (κ2) is 54.4. The first-order chi connectivity index (χ1) is 40.9. The van der Waals surface area contributed by atoms with Crippen LogP contribution in [0.2, 0.25) is 0 Å². The number of hydrogen-bond acceptors (Lipinski definition) is 18. The third-order valence-corrected chi connectivity index (χ3v) is 14.8. The number of Topliss-reactive ketones (excluding diaryl/α,β-unsaturated/α-hetero) is 6. The van der Waals surface area contributed by atoms with Gasteiger partial charge in [0.15, 0.2) is 17.3 Å². The number of ketones is 6. The molecule has 23 nitrogen and oxygen atoms in total. The van der Waals surface area contributed by atoms with Gasteiger partial charge < -0.3 is 56.0 Å². The van der Waals surface area contributed by atoms with Crippen LogP contribution >= 0.6 is 0 Å². The van der Waals surface area contributed by atoms with Gasteiger partial charge in [-0.05, 0) is 71.1 Å².